The number of hydrogen-bond donors (Lipinski definition) is 3. The number of methoxy groups -OCH3 is 1. The minimum absolute atomic E-state index is 0.532. The highest BCUT2D eigenvalue weighted by atomic mass is 16.5. The number of rotatable bonds is 4. The Balaban J connectivity index is 1.29. The smallest absolute Gasteiger partial charge is 0.160 e. The van der Waals surface area contributed by atoms with Crippen molar-refractivity contribution in [1.29, 1.82) is 0 Å². The van der Waals surface area contributed by atoms with Gasteiger partial charge in [-0.15, -0.1) is 0 Å². The van der Waals surface area contributed by atoms with E-state index in [2.05, 4.69) is 48.2 Å². The fraction of sp³-hybridized carbons (Fsp3) is 0.250. The molecule has 4 N–H and O–H groups in total. The molecule has 2 aromatic carbocycles. The standard InChI is InChI=1S/C24H24N8O/c1-33-16-7-5-15(6-8-16)17-3-2-4-19-20(17)30-23(29-19)24(25)9-11-32(12-10-24)22-18-13-28-31-21(18)26-14-27-22/h2-8,13-14H,9-12,25H2,1H3,(H,29,30)(H,26,27,28,31). The molecule has 1 aliphatic heterocycles. The number of hydrogen-bond acceptors (Lipinski definition) is 7. The maximum atomic E-state index is 6.92. The third kappa shape index (κ3) is 3.28. The average Bonchev–Trinajstić information content (AvgIpc) is 3.52. The van der Waals surface area contributed by atoms with Crippen LogP contribution >= 0.6 is 0 Å². The van der Waals surface area contributed by atoms with Crippen LogP contribution in [-0.4, -0.2) is 50.3 Å². The van der Waals surface area contributed by atoms with Crippen LogP contribution in [0, 0.1) is 0 Å². The van der Waals surface area contributed by atoms with Crippen molar-refractivity contribution in [3.8, 4) is 16.9 Å². The molecule has 3 aromatic heterocycles. The molecule has 6 rings (SSSR count). The van der Waals surface area contributed by atoms with E-state index >= 15 is 0 Å². The summed E-state index contributed by atoms with van der Waals surface area (Å²) in [5, 5.41) is 7.93. The molecule has 4 heterocycles. The van der Waals surface area contributed by atoms with E-state index < -0.39 is 5.54 Å². The van der Waals surface area contributed by atoms with Gasteiger partial charge >= 0.3 is 0 Å². The molecule has 0 amide bonds. The summed E-state index contributed by atoms with van der Waals surface area (Å²) in [4.78, 5) is 19.5. The maximum Gasteiger partial charge on any atom is 0.160 e. The molecule has 0 aliphatic carbocycles. The molecule has 0 spiro atoms. The second kappa shape index (κ2) is 7.56. The van der Waals surface area contributed by atoms with Crippen molar-refractivity contribution in [2.45, 2.75) is 18.4 Å². The van der Waals surface area contributed by atoms with Gasteiger partial charge in [-0.3, -0.25) is 5.10 Å². The molecule has 5 aromatic rings. The number of imidazole rings is 1. The molecule has 9 heteroatoms. The molecule has 0 radical (unpaired) electrons. The Labute approximate surface area is 190 Å². The van der Waals surface area contributed by atoms with Gasteiger partial charge in [-0.25, -0.2) is 15.0 Å². The number of para-hydroxylation sites is 1. The monoisotopic (exact) mass is 440 g/mol. The Morgan fingerprint density at radius 3 is 2.67 bits per heavy atom. The molecule has 9 nitrogen and oxygen atoms in total. The van der Waals surface area contributed by atoms with Gasteiger partial charge in [0, 0.05) is 18.7 Å². The van der Waals surface area contributed by atoms with Crippen molar-refractivity contribution in [3.63, 3.8) is 0 Å². The van der Waals surface area contributed by atoms with Gasteiger partial charge < -0.3 is 20.4 Å². The summed E-state index contributed by atoms with van der Waals surface area (Å²) in [6, 6.07) is 14.2. The van der Waals surface area contributed by atoms with Crippen LogP contribution in [0.4, 0.5) is 5.82 Å². The van der Waals surface area contributed by atoms with E-state index in [9.17, 15) is 0 Å². The van der Waals surface area contributed by atoms with E-state index in [0.29, 0.717) is 0 Å². The second-order valence-electron chi connectivity index (χ2n) is 8.49. The highest BCUT2D eigenvalue weighted by molar-refractivity contribution is 5.92. The third-order valence-electron chi connectivity index (χ3n) is 6.57. The quantitative estimate of drug-likeness (QED) is 0.392. The van der Waals surface area contributed by atoms with Gasteiger partial charge in [0.1, 0.15) is 23.7 Å². The molecule has 166 valence electrons. The van der Waals surface area contributed by atoms with Gasteiger partial charge in [-0.1, -0.05) is 24.3 Å². The molecule has 0 unspecified atom stereocenters. The fourth-order valence-corrected chi connectivity index (χ4v) is 4.63. The number of fused-ring (bicyclic) bond motifs is 2. The highest BCUT2D eigenvalue weighted by Crippen LogP contribution is 2.35. The Kier molecular flexibility index (Phi) is 4.51. The van der Waals surface area contributed by atoms with Crippen molar-refractivity contribution in [1.82, 2.24) is 30.1 Å². The number of nitrogens with one attached hydrogen (secondary N) is 2. The lowest BCUT2D eigenvalue weighted by molar-refractivity contribution is 0.327. The topological polar surface area (TPSA) is 122 Å². The SMILES string of the molecule is COc1ccc(-c2cccc3[nH]c(C4(N)CCN(c5ncnc6[nH]ncc56)CC4)nc23)cc1. The molecule has 1 saturated heterocycles. The van der Waals surface area contributed by atoms with Crippen molar-refractivity contribution in [2.24, 2.45) is 5.73 Å². The zero-order valence-electron chi connectivity index (χ0n) is 18.2. The summed E-state index contributed by atoms with van der Waals surface area (Å²) in [5.74, 6) is 2.55. The van der Waals surface area contributed by atoms with E-state index in [0.717, 1.165) is 76.5 Å². The molecular formula is C24H24N8O. The minimum atomic E-state index is -0.532. The van der Waals surface area contributed by atoms with E-state index in [-0.39, 0.29) is 0 Å². The second-order valence-corrected chi connectivity index (χ2v) is 8.49. The molecule has 33 heavy (non-hydrogen) atoms. The maximum absolute atomic E-state index is 6.92. The van der Waals surface area contributed by atoms with Crippen LogP contribution in [-0.2, 0) is 5.54 Å². The largest absolute Gasteiger partial charge is 0.497 e. The van der Waals surface area contributed by atoms with Gasteiger partial charge in [0.15, 0.2) is 5.65 Å². The highest BCUT2D eigenvalue weighted by Gasteiger charge is 2.36. The lowest BCUT2D eigenvalue weighted by atomic mass is 9.88. The Hall–Kier alpha value is -3.98. The van der Waals surface area contributed by atoms with E-state index in [1.165, 1.54) is 0 Å². The van der Waals surface area contributed by atoms with Gasteiger partial charge in [0.25, 0.3) is 0 Å². The first-order valence-electron chi connectivity index (χ1n) is 11.0. The first-order valence-corrected chi connectivity index (χ1v) is 11.0. The average molecular weight is 441 g/mol. The number of benzene rings is 2. The molecule has 0 atom stereocenters. The summed E-state index contributed by atoms with van der Waals surface area (Å²) < 4.78 is 5.29. The predicted molar refractivity (Wildman–Crippen MR) is 127 cm³/mol. The van der Waals surface area contributed by atoms with Crippen molar-refractivity contribution in [2.75, 3.05) is 25.1 Å². The van der Waals surface area contributed by atoms with Crippen LogP contribution in [0.2, 0.25) is 0 Å². The predicted octanol–water partition coefficient (Wildman–Crippen LogP) is 3.36. The van der Waals surface area contributed by atoms with Crippen LogP contribution in [0.5, 0.6) is 5.75 Å². The molecule has 1 fully saturated rings. The van der Waals surface area contributed by atoms with Crippen molar-refractivity contribution in [3.05, 3.63) is 60.8 Å². The summed E-state index contributed by atoms with van der Waals surface area (Å²) in [7, 11) is 1.67. The van der Waals surface area contributed by atoms with E-state index in [1.807, 2.05) is 24.3 Å². The van der Waals surface area contributed by atoms with Crippen LogP contribution in [0.1, 0.15) is 18.7 Å². The zero-order valence-corrected chi connectivity index (χ0v) is 18.2. The third-order valence-corrected chi connectivity index (χ3v) is 6.57. The van der Waals surface area contributed by atoms with E-state index in [4.69, 9.17) is 15.5 Å². The number of ether oxygens (including phenoxy) is 1. The zero-order chi connectivity index (χ0) is 22.4. The Morgan fingerprint density at radius 2 is 1.88 bits per heavy atom. The summed E-state index contributed by atoms with van der Waals surface area (Å²) >= 11 is 0. The number of anilines is 1. The first kappa shape index (κ1) is 19.7. The Morgan fingerprint density at radius 1 is 1.06 bits per heavy atom. The summed E-state index contributed by atoms with van der Waals surface area (Å²) in [6.45, 7) is 1.55. The molecule has 0 bridgehead atoms. The van der Waals surface area contributed by atoms with Gasteiger partial charge in [0.05, 0.1) is 35.3 Å². The van der Waals surface area contributed by atoms with E-state index in [1.54, 1.807) is 19.6 Å². The lowest BCUT2D eigenvalue weighted by Gasteiger charge is -2.38. The number of piperidine rings is 1. The number of aromatic nitrogens is 6. The van der Waals surface area contributed by atoms with Crippen molar-refractivity contribution >= 4 is 27.9 Å². The van der Waals surface area contributed by atoms with Gasteiger partial charge in [-0.05, 0) is 36.6 Å². The molecule has 0 saturated carbocycles. The normalized spacial score (nSPS) is 15.9. The van der Waals surface area contributed by atoms with Gasteiger partial charge in [-0.2, -0.15) is 5.10 Å². The van der Waals surface area contributed by atoms with Crippen LogP contribution in [0.3, 0.4) is 0 Å². The minimum Gasteiger partial charge on any atom is -0.497 e. The lowest BCUT2D eigenvalue weighted by Crippen LogP contribution is -2.49. The van der Waals surface area contributed by atoms with Crippen molar-refractivity contribution < 1.29 is 4.74 Å². The summed E-state index contributed by atoms with van der Waals surface area (Å²) in [5.41, 5.74) is 11.2. The summed E-state index contributed by atoms with van der Waals surface area (Å²) in [6.07, 6.45) is 4.86. The molecular weight excluding hydrogens is 416 g/mol. The number of nitrogens with zero attached hydrogens (tertiary/aromatic N) is 5. The Bertz CT molecular complexity index is 1430. The molecule has 1 aliphatic rings. The number of nitrogens with two attached hydrogens (primary N) is 1. The number of H-pyrrole nitrogens is 2. The first-order chi connectivity index (χ1) is 16.1. The van der Waals surface area contributed by atoms with Gasteiger partial charge in [0.2, 0.25) is 0 Å². The van der Waals surface area contributed by atoms with Crippen LogP contribution in [0.25, 0.3) is 33.2 Å². The fourth-order valence-electron chi connectivity index (χ4n) is 4.63. The van der Waals surface area contributed by atoms with Crippen LogP contribution < -0.4 is 15.4 Å². The number of aromatic amines is 2. The van der Waals surface area contributed by atoms with Crippen LogP contribution in [0.15, 0.2) is 55.0 Å².